The molecule has 0 saturated carbocycles. The van der Waals surface area contributed by atoms with Gasteiger partial charge in [-0.05, 0) is 31.9 Å². The minimum absolute atomic E-state index is 0.132. The standard InChI is InChI=1S/C15H24N2O2S/c1-12-4-5-15(13(2)10-12)17(3)8-7-16-14-6-9-20(18,19)11-14/h4-5,10,14,16H,6-9,11H2,1-3H3. The summed E-state index contributed by atoms with van der Waals surface area (Å²) in [6.45, 7) is 5.90. The van der Waals surface area contributed by atoms with Crippen LogP contribution in [-0.2, 0) is 9.84 Å². The average molecular weight is 296 g/mol. The van der Waals surface area contributed by atoms with Crippen LogP contribution in [0.1, 0.15) is 17.5 Å². The van der Waals surface area contributed by atoms with Crippen LogP contribution in [0, 0.1) is 13.8 Å². The fraction of sp³-hybridized carbons (Fsp3) is 0.600. The van der Waals surface area contributed by atoms with Crippen molar-refractivity contribution in [3.63, 3.8) is 0 Å². The summed E-state index contributed by atoms with van der Waals surface area (Å²) in [5.74, 6) is 0.623. The van der Waals surface area contributed by atoms with E-state index in [1.54, 1.807) is 0 Å². The quantitative estimate of drug-likeness (QED) is 0.895. The first kappa shape index (κ1) is 15.3. The third-order valence-electron chi connectivity index (χ3n) is 3.88. The Hall–Kier alpha value is -1.07. The van der Waals surface area contributed by atoms with Crippen molar-refractivity contribution >= 4 is 15.5 Å². The second-order valence-corrected chi connectivity index (χ2v) is 7.99. The zero-order chi connectivity index (χ0) is 14.8. The molecule has 1 saturated heterocycles. The molecule has 4 nitrogen and oxygen atoms in total. The number of rotatable bonds is 5. The SMILES string of the molecule is Cc1ccc(N(C)CCNC2CCS(=O)(=O)C2)c(C)c1. The van der Waals surface area contributed by atoms with Crippen molar-refractivity contribution in [2.24, 2.45) is 0 Å². The third-order valence-corrected chi connectivity index (χ3v) is 5.64. The van der Waals surface area contributed by atoms with Gasteiger partial charge in [0, 0.05) is 31.9 Å². The lowest BCUT2D eigenvalue weighted by atomic mass is 10.1. The topological polar surface area (TPSA) is 49.4 Å². The zero-order valence-corrected chi connectivity index (χ0v) is 13.3. The second-order valence-electron chi connectivity index (χ2n) is 5.77. The number of hydrogen-bond acceptors (Lipinski definition) is 4. The lowest BCUT2D eigenvalue weighted by molar-refractivity contribution is 0.556. The van der Waals surface area contributed by atoms with Crippen molar-refractivity contribution in [2.75, 3.05) is 36.5 Å². The van der Waals surface area contributed by atoms with E-state index < -0.39 is 9.84 Å². The molecule has 1 unspecified atom stereocenters. The number of likely N-dealkylation sites (N-methyl/N-ethyl adjacent to an activating group) is 1. The van der Waals surface area contributed by atoms with Gasteiger partial charge in [-0.25, -0.2) is 8.42 Å². The van der Waals surface area contributed by atoms with Gasteiger partial charge in [-0.1, -0.05) is 17.7 Å². The summed E-state index contributed by atoms with van der Waals surface area (Å²) in [7, 11) is -0.712. The normalized spacial score (nSPS) is 21.1. The minimum atomic E-state index is -2.79. The maximum Gasteiger partial charge on any atom is 0.151 e. The molecule has 1 fully saturated rings. The molecule has 0 amide bonds. The Morgan fingerprint density at radius 3 is 2.70 bits per heavy atom. The molecule has 1 N–H and O–H groups in total. The van der Waals surface area contributed by atoms with Gasteiger partial charge in [0.15, 0.2) is 9.84 Å². The zero-order valence-electron chi connectivity index (χ0n) is 12.5. The van der Waals surface area contributed by atoms with Crippen LogP contribution in [0.2, 0.25) is 0 Å². The van der Waals surface area contributed by atoms with E-state index in [2.05, 4.69) is 49.3 Å². The molecule has 0 aliphatic carbocycles. The lowest BCUT2D eigenvalue weighted by Crippen LogP contribution is -2.36. The van der Waals surface area contributed by atoms with Gasteiger partial charge < -0.3 is 10.2 Å². The lowest BCUT2D eigenvalue weighted by Gasteiger charge is -2.23. The highest BCUT2D eigenvalue weighted by molar-refractivity contribution is 7.91. The maximum absolute atomic E-state index is 11.4. The molecule has 0 spiro atoms. The van der Waals surface area contributed by atoms with Gasteiger partial charge in [0.1, 0.15) is 0 Å². The third kappa shape index (κ3) is 3.96. The molecule has 5 heteroatoms. The van der Waals surface area contributed by atoms with Gasteiger partial charge in [-0.15, -0.1) is 0 Å². The molecular formula is C15H24N2O2S. The van der Waals surface area contributed by atoms with Crippen LogP contribution in [0.5, 0.6) is 0 Å². The summed E-state index contributed by atoms with van der Waals surface area (Å²) in [5, 5.41) is 3.35. The van der Waals surface area contributed by atoms with Crippen LogP contribution in [0.4, 0.5) is 5.69 Å². The van der Waals surface area contributed by atoms with Gasteiger partial charge in [0.05, 0.1) is 11.5 Å². The number of anilines is 1. The van der Waals surface area contributed by atoms with Gasteiger partial charge in [0.25, 0.3) is 0 Å². The molecule has 1 aliphatic heterocycles. The minimum Gasteiger partial charge on any atom is -0.373 e. The fourth-order valence-corrected chi connectivity index (χ4v) is 4.45. The molecule has 1 atom stereocenters. The van der Waals surface area contributed by atoms with Crippen molar-refractivity contribution in [1.29, 1.82) is 0 Å². The number of nitrogens with one attached hydrogen (secondary N) is 1. The second kappa shape index (κ2) is 6.14. The van der Waals surface area contributed by atoms with E-state index in [-0.39, 0.29) is 6.04 Å². The van der Waals surface area contributed by atoms with Crippen LogP contribution in [0.3, 0.4) is 0 Å². The Bertz CT molecular complexity index is 569. The van der Waals surface area contributed by atoms with Gasteiger partial charge in [-0.3, -0.25) is 0 Å². The van der Waals surface area contributed by atoms with Crippen LogP contribution >= 0.6 is 0 Å². The van der Waals surface area contributed by atoms with E-state index in [1.165, 1.54) is 16.8 Å². The van der Waals surface area contributed by atoms with Gasteiger partial charge in [0.2, 0.25) is 0 Å². The molecule has 0 aromatic heterocycles. The van der Waals surface area contributed by atoms with Gasteiger partial charge in [-0.2, -0.15) is 0 Å². The fourth-order valence-electron chi connectivity index (χ4n) is 2.75. The van der Waals surface area contributed by atoms with E-state index in [0.29, 0.717) is 11.5 Å². The Morgan fingerprint density at radius 2 is 2.10 bits per heavy atom. The first-order valence-corrected chi connectivity index (χ1v) is 8.92. The largest absolute Gasteiger partial charge is 0.373 e. The molecule has 0 bridgehead atoms. The highest BCUT2D eigenvalue weighted by atomic mass is 32.2. The molecule has 20 heavy (non-hydrogen) atoms. The Labute approximate surface area is 122 Å². The number of sulfone groups is 1. The van der Waals surface area contributed by atoms with Crippen LogP contribution < -0.4 is 10.2 Å². The number of hydrogen-bond donors (Lipinski definition) is 1. The first-order chi connectivity index (χ1) is 9.37. The molecule has 1 heterocycles. The van der Waals surface area contributed by atoms with E-state index in [9.17, 15) is 8.42 Å². The predicted molar refractivity (Wildman–Crippen MR) is 84.2 cm³/mol. The monoisotopic (exact) mass is 296 g/mol. The predicted octanol–water partition coefficient (Wildman–Crippen LogP) is 1.52. The van der Waals surface area contributed by atoms with Crippen LogP contribution in [0.15, 0.2) is 18.2 Å². The van der Waals surface area contributed by atoms with Crippen molar-refractivity contribution in [1.82, 2.24) is 5.32 Å². The molecular weight excluding hydrogens is 272 g/mol. The van der Waals surface area contributed by atoms with Crippen LogP contribution in [0.25, 0.3) is 0 Å². The number of nitrogens with zero attached hydrogens (tertiary/aromatic N) is 1. The summed E-state index contributed by atoms with van der Waals surface area (Å²) in [6.07, 6.45) is 0.746. The number of aryl methyl sites for hydroxylation is 2. The molecule has 112 valence electrons. The number of benzene rings is 1. The summed E-state index contributed by atoms with van der Waals surface area (Å²) in [4.78, 5) is 2.21. The van der Waals surface area contributed by atoms with Crippen molar-refractivity contribution in [3.8, 4) is 0 Å². The molecule has 0 radical (unpaired) electrons. The summed E-state index contributed by atoms with van der Waals surface area (Å²) < 4.78 is 22.8. The van der Waals surface area contributed by atoms with E-state index in [4.69, 9.17) is 0 Å². The Balaban J connectivity index is 1.82. The van der Waals surface area contributed by atoms with Gasteiger partial charge >= 0.3 is 0 Å². The maximum atomic E-state index is 11.4. The molecule has 1 aromatic carbocycles. The first-order valence-electron chi connectivity index (χ1n) is 7.09. The molecule has 1 aliphatic rings. The van der Waals surface area contributed by atoms with Crippen molar-refractivity contribution < 1.29 is 8.42 Å². The van der Waals surface area contributed by atoms with Crippen molar-refractivity contribution in [3.05, 3.63) is 29.3 Å². The van der Waals surface area contributed by atoms with E-state index in [1.807, 2.05) is 0 Å². The van der Waals surface area contributed by atoms with Crippen molar-refractivity contribution in [2.45, 2.75) is 26.3 Å². The Kier molecular flexibility index (Phi) is 4.70. The van der Waals surface area contributed by atoms with Crippen LogP contribution in [-0.4, -0.2) is 46.1 Å². The summed E-state index contributed by atoms with van der Waals surface area (Å²) in [5.41, 5.74) is 3.78. The smallest absolute Gasteiger partial charge is 0.151 e. The molecule has 1 aromatic rings. The highest BCUT2D eigenvalue weighted by Gasteiger charge is 2.27. The summed E-state index contributed by atoms with van der Waals surface area (Å²) >= 11 is 0. The average Bonchev–Trinajstić information content (AvgIpc) is 2.68. The summed E-state index contributed by atoms with van der Waals surface area (Å²) in [6, 6.07) is 6.58. The molecule has 2 rings (SSSR count). The Morgan fingerprint density at radius 1 is 1.35 bits per heavy atom. The highest BCUT2D eigenvalue weighted by Crippen LogP contribution is 2.19. The van der Waals surface area contributed by atoms with E-state index in [0.717, 1.165) is 19.5 Å². The van der Waals surface area contributed by atoms with E-state index >= 15 is 0 Å².